The summed E-state index contributed by atoms with van der Waals surface area (Å²) in [4.78, 5) is 0. The number of rotatable bonds is 4. The van der Waals surface area contributed by atoms with Crippen LogP contribution in [0.2, 0.25) is 0 Å². The SMILES string of the molecule is c1ccc(-c2c3ccccc3c(-c3cc4cc(-c5c6ccccc6c(-c6cc7ccc8oc9ccccc9c8c7c7c6oc6ccccc67)c6ccccc56)c5sc6ccccc6c5c4c4c3sc3ccccc34)c3ccccc23)cc1. The molecule has 0 radical (unpaired) electrons. The van der Waals surface area contributed by atoms with Crippen molar-refractivity contribution in [2.45, 2.75) is 0 Å². The van der Waals surface area contributed by atoms with Gasteiger partial charge in [-0.25, -0.2) is 0 Å². The third-order valence-electron chi connectivity index (χ3n) is 17.8. The quantitative estimate of drug-likeness (QED) is 0.164. The highest BCUT2D eigenvalue weighted by atomic mass is 32.1. The molecule has 0 amide bonds. The molecule has 0 saturated carbocycles. The van der Waals surface area contributed by atoms with Gasteiger partial charge in [0.1, 0.15) is 22.3 Å². The van der Waals surface area contributed by atoms with Crippen molar-refractivity contribution in [1.29, 1.82) is 0 Å². The minimum atomic E-state index is 0.865. The van der Waals surface area contributed by atoms with Gasteiger partial charge in [0.2, 0.25) is 0 Å². The molecule has 19 aromatic rings. The Morgan fingerprint density at radius 1 is 0.232 bits per heavy atom. The summed E-state index contributed by atoms with van der Waals surface area (Å²) in [5, 5.41) is 24.3. The molecule has 2 nitrogen and oxygen atoms in total. The number of fused-ring (bicyclic) bond motifs is 22. The van der Waals surface area contributed by atoms with Crippen LogP contribution in [0.15, 0.2) is 264 Å². The number of furan rings is 2. The Morgan fingerprint density at radius 3 is 1.12 bits per heavy atom. The smallest absolute Gasteiger partial charge is 0.143 e. The molecule has 0 aliphatic rings. The molecule has 4 heterocycles. The van der Waals surface area contributed by atoms with Gasteiger partial charge in [0.15, 0.2) is 0 Å². The van der Waals surface area contributed by atoms with Crippen LogP contribution in [-0.4, -0.2) is 0 Å². The highest BCUT2D eigenvalue weighted by molar-refractivity contribution is 7.27. The van der Waals surface area contributed by atoms with Gasteiger partial charge in [-0.15, -0.1) is 22.7 Å². The van der Waals surface area contributed by atoms with Crippen molar-refractivity contribution in [3.05, 3.63) is 255 Å². The monoisotopic (exact) mass is 1070 g/mol. The number of hydrogen-bond acceptors (Lipinski definition) is 4. The van der Waals surface area contributed by atoms with Gasteiger partial charge in [0.25, 0.3) is 0 Å². The summed E-state index contributed by atoms with van der Waals surface area (Å²) in [5.74, 6) is 0. The number of benzene rings is 15. The van der Waals surface area contributed by atoms with E-state index in [0.29, 0.717) is 0 Å². The van der Waals surface area contributed by atoms with E-state index in [1.807, 2.05) is 28.7 Å². The maximum atomic E-state index is 7.20. The fourth-order valence-electron chi connectivity index (χ4n) is 14.5. The molecule has 0 aliphatic carbocycles. The second-order valence-corrected chi connectivity index (χ2v) is 24.1. The van der Waals surface area contributed by atoms with Crippen LogP contribution in [0, 0.1) is 0 Å². The minimum Gasteiger partial charge on any atom is -0.456 e. The molecule has 0 atom stereocenters. The molecule has 4 aromatic heterocycles. The summed E-state index contributed by atoms with van der Waals surface area (Å²) in [6.45, 7) is 0. The third-order valence-corrected chi connectivity index (χ3v) is 20.2. The first kappa shape index (κ1) is 44.7. The molecular weight excluding hydrogens is 1030 g/mol. The van der Waals surface area contributed by atoms with Crippen LogP contribution in [0.5, 0.6) is 0 Å². The Kier molecular flexibility index (Phi) is 9.12. The van der Waals surface area contributed by atoms with Gasteiger partial charge < -0.3 is 8.83 Å². The Labute approximate surface area is 476 Å². The molecule has 0 aliphatic heterocycles. The molecule has 0 fully saturated rings. The summed E-state index contributed by atoms with van der Waals surface area (Å²) in [6.07, 6.45) is 0. The lowest BCUT2D eigenvalue weighted by molar-refractivity contribution is 0.669. The van der Waals surface area contributed by atoms with Crippen molar-refractivity contribution in [3.63, 3.8) is 0 Å². The van der Waals surface area contributed by atoms with Crippen LogP contribution in [-0.2, 0) is 0 Å². The zero-order valence-corrected chi connectivity index (χ0v) is 45.5. The minimum absolute atomic E-state index is 0.865. The van der Waals surface area contributed by atoms with Crippen molar-refractivity contribution < 1.29 is 8.83 Å². The summed E-state index contributed by atoms with van der Waals surface area (Å²) in [7, 11) is 0. The van der Waals surface area contributed by atoms with Crippen LogP contribution in [0.1, 0.15) is 0 Å². The second-order valence-electron chi connectivity index (χ2n) is 22.0. The topological polar surface area (TPSA) is 26.3 Å². The molecule has 19 rings (SSSR count). The van der Waals surface area contributed by atoms with Gasteiger partial charge >= 0.3 is 0 Å². The Bertz CT molecular complexity index is 5900. The van der Waals surface area contributed by atoms with Gasteiger partial charge in [-0.2, -0.15) is 0 Å². The summed E-state index contributed by atoms with van der Waals surface area (Å²) in [6, 6.07) is 94.4. The Morgan fingerprint density at radius 2 is 0.610 bits per heavy atom. The highest BCUT2D eigenvalue weighted by Gasteiger charge is 2.28. The lowest BCUT2D eigenvalue weighted by Crippen LogP contribution is -1.93. The first-order chi connectivity index (χ1) is 40.7. The second kappa shape index (κ2) is 16.7. The fraction of sp³-hybridized carbons (Fsp3) is 0. The van der Waals surface area contributed by atoms with Crippen LogP contribution >= 0.6 is 22.7 Å². The lowest BCUT2D eigenvalue weighted by Gasteiger charge is -2.21. The highest BCUT2D eigenvalue weighted by Crippen LogP contribution is 2.56. The normalized spacial score (nSPS) is 12.4. The van der Waals surface area contributed by atoms with E-state index in [4.69, 9.17) is 8.83 Å². The van der Waals surface area contributed by atoms with Crippen molar-refractivity contribution in [2.75, 3.05) is 0 Å². The van der Waals surface area contributed by atoms with Crippen molar-refractivity contribution in [3.8, 4) is 44.5 Å². The predicted molar refractivity (Wildman–Crippen MR) is 354 cm³/mol. The van der Waals surface area contributed by atoms with Crippen molar-refractivity contribution in [2.24, 2.45) is 0 Å². The standard InChI is InChI=1S/C78H42O2S2/c1-2-20-43(21-3-1)66-46-22-4-6-24-48(46)70(49-25-7-5-23-47(49)66)59-41-45-42-60(78-75(57-33-15-19-37-65(57)82-78)68(45)74-56-32-14-18-36-64(56)81-77(59)74)71-52-28-10-8-26-50(52)69(51-27-9-11-29-53(51)71)58-40-44-38-39-63-72(54-30-12-16-34-61(54)79-63)67(44)73-55-31-13-17-35-62(55)80-76(58)73/h1-42H. The van der Waals surface area contributed by atoms with Crippen LogP contribution in [0.4, 0.5) is 0 Å². The van der Waals surface area contributed by atoms with E-state index < -0.39 is 0 Å². The number of thiophene rings is 2. The van der Waals surface area contributed by atoms with Crippen molar-refractivity contribution >= 4 is 172 Å². The van der Waals surface area contributed by atoms with Crippen LogP contribution in [0.3, 0.4) is 0 Å². The van der Waals surface area contributed by atoms with Gasteiger partial charge in [0, 0.05) is 94.9 Å². The maximum Gasteiger partial charge on any atom is 0.143 e. The third kappa shape index (κ3) is 6.01. The molecule has 4 heteroatoms. The van der Waals surface area contributed by atoms with E-state index >= 15 is 0 Å². The van der Waals surface area contributed by atoms with Gasteiger partial charge in [0.05, 0.1) is 0 Å². The Hall–Kier alpha value is -10.1. The lowest BCUT2D eigenvalue weighted by atomic mass is 9.82. The molecular formula is C78H42O2S2. The largest absolute Gasteiger partial charge is 0.456 e. The zero-order chi connectivity index (χ0) is 53.3. The van der Waals surface area contributed by atoms with E-state index in [-0.39, 0.29) is 0 Å². The van der Waals surface area contributed by atoms with Crippen LogP contribution in [0.25, 0.3) is 193 Å². The number of hydrogen-bond donors (Lipinski definition) is 0. The summed E-state index contributed by atoms with van der Waals surface area (Å²) >= 11 is 3.86. The first-order valence-electron chi connectivity index (χ1n) is 28.1. The maximum absolute atomic E-state index is 7.20. The molecule has 0 N–H and O–H groups in total. The average Bonchev–Trinajstić information content (AvgIpc) is 3.02. The molecule has 0 spiro atoms. The molecule has 0 saturated heterocycles. The molecule has 0 unspecified atom stereocenters. The van der Waals surface area contributed by atoms with Crippen LogP contribution < -0.4 is 0 Å². The van der Waals surface area contributed by atoms with Gasteiger partial charge in [-0.3, -0.25) is 0 Å². The molecule has 0 bridgehead atoms. The van der Waals surface area contributed by atoms with E-state index in [1.54, 1.807) is 0 Å². The summed E-state index contributed by atoms with van der Waals surface area (Å²) in [5.41, 5.74) is 13.2. The van der Waals surface area contributed by atoms with E-state index in [2.05, 4.69) is 249 Å². The van der Waals surface area contributed by atoms with Gasteiger partial charge in [-0.05, 0) is 125 Å². The Balaban J connectivity index is 0.965. The van der Waals surface area contributed by atoms with E-state index in [9.17, 15) is 0 Å². The van der Waals surface area contributed by atoms with E-state index in [0.717, 1.165) is 65.8 Å². The van der Waals surface area contributed by atoms with Gasteiger partial charge in [-0.1, -0.05) is 206 Å². The van der Waals surface area contributed by atoms with Crippen molar-refractivity contribution in [1.82, 2.24) is 0 Å². The van der Waals surface area contributed by atoms with E-state index in [1.165, 1.54) is 128 Å². The molecule has 378 valence electrons. The predicted octanol–water partition coefficient (Wildman–Crippen LogP) is 23.8. The fourth-order valence-corrected chi connectivity index (χ4v) is 17.0. The molecule has 82 heavy (non-hydrogen) atoms. The first-order valence-corrected chi connectivity index (χ1v) is 29.7. The molecule has 15 aromatic carbocycles. The average molecular weight is 1080 g/mol. The zero-order valence-electron chi connectivity index (χ0n) is 43.9. The summed E-state index contributed by atoms with van der Waals surface area (Å²) < 4.78 is 18.9. The number of para-hydroxylation sites is 2.